The number of ether oxygens (including phenoxy) is 1. The van der Waals surface area contributed by atoms with Crippen molar-refractivity contribution in [2.45, 2.75) is 6.42 Å². The maximum absolute atomic E-state index is 12.1. The van der Waals surface area contributed by atoms with Gasteiger partial charge in [0.05, 0.1) is 24.2 Å². The molecule has 2 aliphatic rings. The molecule has 5 heteroatoms. The predicted octanol–water partition coefficient (Wildman–Crippen LogP) is 1.36. The Bertz CT molecular complexity index is 510. The zero-order valence-corrected chi connectivity index (χ0v) is 9.68. The molecular weight excluding hydrogens is 234 g/mol. The van der Waals surface area contributed by atoms with Crippen molar-refractivity contribution in [1.29, 1.82) is 0 Å². The summed E-state index contributed by atoms with van der Waals surface area (Å²) in [6, 6.07) is 6.16. The molecule has 1 saturated heterocycles. The van der Waals surface area contributed by atoms with Gasteiger partial charge in [0, 0.05) is 11.6 Å². The van der Waals surface area contributed by atoms with Crippen LogP contribution in [0.3, 0.4) is 0 Å². The molecule has 2 N–H and O–H groups in total. The van der Waals surface area contributed by atoms with Crippen LogP contribution in [0.4, 0.5) is 5.69 Å². The number of benzene rings is 1. The van der Waals surface area contributed by atoms with E-state index in [1.54, 1.807) is 12.1 Å². The van der Waals surface area contributed by atoms with E-state index in [1.807, 2.05) is 0 Å². The Kier molecular flexibility index (Phi) is 2.38. The van der Waals surface area contributed by atoms with Crippen LogP contribution in [0.1, 0.15) is 16.8 Å². The first-order valence-electron chi connectivity index (χ1n) is 5.84. The molecular formula is C13H13NO4. The summed E-state index contributed by atoms with van der Waals surface area (Å²) in [5.41, 5.74) is 0.502. The number of carbonyl (C=O) groups excluding carboxylic acids is 1. The molecule has 5 nitrogen and oxygen atoms in total. The van der Waals surface area contributed by atoms with Gasteiger partial charge in [-0.1, -0.05) is 0 Å². The van der Waals surface area contributed by atoms with Crippen molar-refractivity contribution < 1.29 is 19.4 Å². The third kappa shape index (κ3) is 1.67. The average molecular weight is 247 g/mol. The number of amides is 1. The van der Waals surface area contributed by atoms with Crippen molar-refractivity contribution in [3.05, 3.63) is 29.8 Å². The van der Waals surface area contributed by atoms with Gasteiger partial charge in [-0.15, -0.1) is 0 Å². The monoisotopic (exact) mass is 247 g/mol. The van der Waals surface area contributed by atoms with Crippen LogP contribution in [0.15, 0.2) is 24.3 Å². The summed E-state index contributed by atoms with van der Waals surface area (Å²) in [5, 5.41) is 11.6. The molecule has 1 aromatic carbocycles. The van der Waals surface area contributed by atoms with Gasteiger partial charge in [-0.3, -0.25) is 4.79 Å². The molecule has 1 saturated carbocycles. The maximum atomic E-state index is 12.1. The molecule has 2 fully saturated rings. The van der Waals surface area contributed by atoms with Crippen LogP contribution in [0.5, 0.6) is 0 Å². The van der Waals surface area contributed by atoms with Crippen molar-refractivity contribution >= 4 is 17.6 Å². The first-order valence-corrected chi connectivity index (χ1v) is 5.84. The van der Waals surface area contributed by atoms with Gasteiger partial charge >= 0.3 is 5.97 Å². The van der Waals surface area contributed by atoms with E-state index in [0.717, 1.165) is 6.42 Å². The average Bonchev–Trinajstić information content (AvgIpc) is 2.93. The molecule has 0 radical (unpaired) electrons. The molecule has 3 rings (SSSR count). The summed E-state index contributed by atoms with van der Waals surface area (Å²) in [4.78, 5) is 22.8. The van der Waals surface area contributed by atoms with E-state index < -0.39 is 5.97 Å². The molecule has 18 heavy (non-hydrogen) atoms. The zero-order valence-electron chi connectivity index (χ0n) is 9.68. The molecule has 1 heterocycles. The van der Waals surface area contributed by atoms with Gasteiger partial charge in [-0.25, -0.2) is 4.79 Å². The zero-order chi connectivity index (χ0) is 12.8. The first-order chi connectivity index (χ1) is 8.62. The lowest BCUT2D eigenvalue weighted by Gasteiger charge is -2.11. The second kappa shape index (κ2) is 3.81. The first kappa shape index (κ1) is 11.2. The minimum atomic E-state index is -0.974. The number of fused-ring (bicyclic) bond motifs is 1. The van der Waals surface area contributed by atoms with E-state index in [2.05, 4.69) is 5.32 Å². The highest BCUT2D eigenvalue weighted by Crippen LogP contribution is 2.57. The molecule has 94 valence electrons. The SMILES string of the molecule is O=C(O)c1ccc(NC(=O)[C@@]23COC[C@@H]2C3)cc1. The van der Waals surface area contributed by atoms with Crippen molar-refractivity contribution in [2.75, 3.05) is 18.5 Å². The third-order valence-corrected chi connectivity index (χ3v) is 3.75. The van der Waals surface area contributed by atoms with E-state index in [0.29, 0.717) is 24.8 Å². The molecule has 0 aromatic heterocycles. The summed E-state index contributed by atoms with van der Waals surface area (Å²) < 4.78 is 5.28. The lowest BCUT2D eigenvalue weighted by molar-refractivity contribution is -0.121. The Morgan fingerprint density at radius 3 is 2.56 bits per heavy atom. The number of nitrogens with one attached hydrogen (secondary N) is 1. The van der Waals surface area contributed by atoms with Crippen LogP contribution in [0.25, 0.3) is 0 Å². The van der Waals surface area contributed by atoms with Crippen molar-refractivity contribution in [3.63, 3.8) is 0 Å². The number of hydrogen-bond donors (Lipinski definition) is 2. The van der Waals surface area contributed by atoms with E-state index in [1.165, 1.54) is 12.1 Å². The van der Waals surface area contributed by atoms with Crippen LogP contribution < -0.4 is 5.32 Å². The molecule has 1 aromatic rings. The lowest BCUT2D eigenvalue weighted by atomic mass is 10.1. The largest absolute Gasteiger partial charge is 0.478 e. The molecule has 1 aliphatic heterocycles. The minimum absolute atomic E-state index is 0.0203. The number of rotatable bonds is 3. The summed E-state index contributed by atoms with van der Waals surface area (Å²) in [6.07, 6.45) is 0.895. The minimum Gasteiger partial charge on any atom is -0.478 e. The Morgan fingerprint density at radius 2 is 2.06 bits per heavy atom. The number of carboxylic acids is 1. The predicted molar refractivity (Wildman–Crippen MR) is 63.4 cm³/mol. The van der Waals surface area contributed by atoms with Crippen molar-refractivity contribution in [3.8, 4) is 0 Å². The fourth-order valence-corrected chi connectivity index (χ4v) is 2.45. The summed E-state index contributed by atoms with van der Waals surface area (Å²) in [5.74, 6) is -0.637. The molecule has 2 atom stereocenters. The standard InChI is InChI=1S/C13H13NO4/c15-11(16)8-1-3-10(4-2-8)14-12(17)13-5-9(13)6-18-7-13/h1-4,9H,5-7H2,(H,14,17)(H,15,16)/t9-,13-/m0/s1. The number of hydrogen-bond acceptors (Lipinski definition) is 3. The number of carbonyl (C=O) groups is 2. The Balaban J connectivity index is 1.69. The van der Waals surface area contributed by atoms with Gasteiger partial charge in [-0.05, 0) is 30.7 Å². The quantitative estimate of drug-likeness (QED) is 0.845. The molecule has 0 bridgehead atoms. The fraction of sp³-hybridized carbons (Fsp3) is 0.385. The second-order valence-electron chi connectivity index (χ2n) is 4.91. The Labute approximate surface area is 104 Å². The summed E-state index contributed by atoms with van der Waals surface area (Å²) >= 11 is 0. The summed E-state index contributed by atoms with van der Waals surface area (Å²) in [7, 11) is 0. The van der Waals surface area contributed by atoms with Crippen LogP contribution in [0, 0.1) is 11.3 Å². The van der Waals surface area contributed by atoms with Crippen LogP contribution >= 0.6 is 0 Å². The second-order valence-corrected chi connectivity index (χ2v) is 4.91. The highest BCUT2D eigenvalue weighted by molar-refractivity contribution is 5.98. The number of carboxylic acid groups (broad SMARTS) is 1. The third-order valence-electron chi connectivity index (χ3n) is 3.75. The normalized spacial score (nSPS) is 28.6. The van der Waals surface area contributed by atoms with Crippen LogP contribution in [0.2, 0.25) is 0 Å². The smallest absolute Gasteiger partial charge is 0.335 e. The Hall–Kier alpha value is -1.88. The molecule has 1 aliphatic carbocycles. The number of aromatic carboxylic acids is 1. The highest BCUT2D eigenvalue weighted by Gasteiger charge is 2.63. The van der Waals surface area contributed by atoms with Crippen molar-refractivity contribution in [1.82, 2.24) is 0 Å². The lowest BCUT2D eigenvalue weighted by Crippen LogP contribution is -2.26. The molecule has 0 unspecified atom stereocenters. The number of anilines is 1. The van der Waals surface area contributed by atoms with E-state index in [4.69, 9.17) is 9.84 Å². The fourth-order valence-electron chi connectivity index (χ4n) is 2.45. The van der Waals surface area contributed by atoms with E-state index >= 15 is 0 Å². The van der Waals surface area contributed by atoms with Gasteiger partial charge in [-0.2, -0.15) is 0 Å². The van der Waals surface area contributed by atoms with Crippen LogP contribution in [-0.2, 0) is 9.53 Å². The highest BCUT2D eigenvalue weighted by atomic mass is 16.5. The van der Waals surface area contributed by atoms with Gasteiger partial charge in [0.1, 0.15) is 0 Å². The molecule has 0 spiro atoms. The Morgan fingerprint density at radius 1 is 1.33 bits per heavy atom. The maximum Gasteiger partial charge on any atom is 0.335 e. The van der Waals surface area contributed by atoms with Gasteiger partial charge < -0.3 is 15.2 Å². The summed E-state index contributed by atoms with van der Waals surface area (Å²) in [6.45, 7) is 1.17. The molecule has 1 amide bonds. The van der Waals surface area contributed by atoms with Gasteiger partial charge in [0.15, 0.2) is 0 Å². The van der Waals surface area contributed by atoms with Crippen LogP contribution in [-0.4, -0.2) is 30.2 Å². The van der Waals surface area contributed by atoms with Gasteiger partial charge in [0.2, 0.25) is 5.91 Å². The van der Waals surface area contributed by atoms with E-state index in [-0.39, 0.29) is 16.9 Å². The van der Waals surface area contributed by atoms with E-state index in [9.17, 15) is 9.59 Å². The topological polar surface area (TPSA) is 75.6 Å². The van der Waals surface area contributed by atoms with Crippen molar-refractivity contribution in [2.24, 2.45) is 11.3 Å². The van der Waals surface area contributed by atoms with Gasteiger partial charge in [0.25, 0.3) is 0 Å².